The first-order valence-electron chi connectivity index (χ1n) is 5.64. The molecule has 2 rings (SSSR count). The van der Waals surface area contributed by atoms with Crippen LogP contribution >= 0.6 is 11.8 Å². The van der Waals surface area contributed by atoms with E-state index in [-0.39, 0.29) is 6.04 Å². The molecule has 1 aromatic heterocycles. The first-order chi connectivity index (χ1) is 7.27. The van der Waals surface area contributed by atoms with Gasteiger partial charge in [-0.05, 0) is 25.5 Å². The first kappa shape index (κ1) is 11.0. The third-order valence-electron chi connectivity index (χ3n) is 2.89. The predicted molar refractivity (Wildman–Crippen MR) is 64.9 cm³/mol. The van der Waals surface area contributed by atoms with Crippen LogP contribution in [0.25, 0.3) is 0 Å². The predicted octanol–water partition coefficient (Wildman–Crippen LogP) is 2.19. The summed E-state index contributed by atoms with van der Waals surface area (Å²) >= 11 is 2.09. The lowest BCUT2D eigenvalue weighted by molar-refractivity contribution is 0.557. The van der Waals surface area contributed by atoms with Gasteiger partial charge in [0.05, 0.1) is 12.0 Å². The molecule has 2 N–H and O–H groups in total. The van der Waals surface area contributed by atoms with Crippen LogP contribution in [0.4, 0.5) is 0 Å². The molecule has 15 heavy (non-hydrogen) atoms. The maximum Gasteiger partial charge on any atom is 0.0949 e. The van der Waals surface area contributed by atoms with Crippen LogP contribution in [0.2, 0.25) is 0 Å². The Kier molecular flexibility index (Phi) is 3.70. The third-order valence-corrected chi connectivity index (χ3v) is 4.27. The highest BCUT2D eigenvalue weighted by Crippen LogP contribution is 2.27. The van der Waals surface area contributed by atoms with Gasteiger partial charge in [0.25, 0.3) is 0 Å². The number of nitrogens with zero attached hydrogens (tertiary/aromatic N) is 2. The molecule has 0 aromatic carbocycles. The lowest BCUT2D eigenvalue weighted by Gasteiger charge is -2.23. The number of rotatable bonds is 3. The van der Waals surface area contributed by atoms with E-state index >= 15 is 0 Å². The summed E-state index contributed by atoms with van der Waals surface area (Å²) in [7, 11) is 0. The van der Waals surface area contributed by atoms with Crippen molar-refractivity contribution in [2.24, 2.45) is 5.73 Å². The highest BCUT2D eigenvalue weighted by molar-refractivity contribution is 7.99. The molecule has 0 saturated carbocycles. The lowest BCUT2D eigenvalue weighted by atomic mass is 10.2. The molecule has 1 unspecified atom stereocenters. The Morgan fingerprint density at radius 3 is 3.20 bits per heavy atom. The van der Waals surface area contributed by atoms with E-state index in [1.165, 1.54) is 25.0 Å². The van der Waals surface area contributed by atoms with Crippen molar-refractivity contribution >= 4 is 11.8 Å². The molecule has 3 nitrogen and oxygen atoms in total. The first-order valence-corrected chi connectivity index (χ1v) is 6.69. The monoisotopic (exact) mass is 225 g/mol. The Balaban J connectivity index is 1.99. The molecule has 0 bridgehead atoms. The molecule has 0 amide bonds. The molecule has 2 heterocycles. The Bertz CT molecular complexity index is 303. The second-order valence-corrected chi connectivity index (χ2v) is 5.66. The van der Waals surface area contributed by atoms with Gasteiger partial charge in [-0.1, -0.05) is 6.42 Å². The van der Waals surface area contributed by atoms with Crippen LogP contribution in [-0.2, 0) is 6.54 Å². The SMILES string of the molecule is C[C@@H](N)c1cncn1CC1CCCCS1. The molecule has 0 spiro atoms. The van der Waals surface area contributed by atoms with Crippen molar-refractivity contribution in [2.75, 3.05) is 5.75 Å². The number of nitrogens with two attached hydrogens (primary N) is 1. The maximum absolute atomic E-state index is 5.90. The van der Waals surface area contributed by atoms with Crippen LogP contribution < -0.4 is 5.73 Å². The van der Waals surface area contributed by atoms with Crippen molar-refractivity contribution in [1.82, 2.24) is 9.55 Å². The molecule has 0 aliphatic carbocycles. The van der Waals surface area contributed by atoms with E-state index in [2.05, 4.69) is 21.3 Å². The van der Waals surface area contributed by atoms with Crippen molar-refractivity contribution in [1.29, 1.82) is 0 Å². The van der Waals surface area contributed by atoms with E-state index in [9.17, 15) is 0 Å². The fraction of sp³-hybridized carbons (Fsp3) is 0.727. The molecular formula is C11H19N3S. The second kappa shape index (κ2) is 5.03. The van der Waals surface area contributed by atoms with Crippen LogP contribution in [0.1, 0.15) is 37.9 Å². The Hall–Kier alpha value is -0.480. The van der Waals surface area contributed by atoms with Crippen LogP contribution in [-0.4, -0.2) is 20.6 Å². The fourth-order valence-electron chi connectivity index (χ4n) is 2.03. The minimum Gasteiger partial charge on any atom is -0.332 e. The number of hydrogen-bond donors (Lipinski definition) is 1. The van der Waals surface area contributed by atoms with Crippen molar-refractivity contribution in [2.45, 2.75) is 44.0 Å². The van der Waals surface area contributed by atoms with Gasteiger partial charge in [0.1, 0.15) is 0 Å². The average Bonchev–Trinajstić information content (AvgIpc) is 2.67. The van der Waals surface area contributed by atoms with Crippen LogP contribution in [0.5, 0.6) is 0 Å². The van der Waals surface area contributed by atoms with Crippen LogP contribution in [0, 0.1) is 0 Å². The average molecular weight is 225 g/mol. The second-order valence-electron chi connectivity index (χ2n) is 4.25. The molecule has 2 atom stereocenters. The van der Waals surface area contributed by atoms with Crippen molar-refractivity contribution in [3.05, 3.63) is 18.2 Å². The Morgan fingerprint density at radius 1 is 1.67 bits per heavy atom. The van der Waals surface area contributed by atoms with Gasteiger partial charge >= 0.3 is 0 Å². The summed E-state index contributed by atoms with van der Waals surface area (Å²) in [5, 5.41) is 0.755. The molecule has 1 aliphatic rings. The minimum atomic E-state index is 0.0843. The van der Waals surface area contributed by atoms with E-state index in [0.717, 1.165) is 17.5 Å². The quantitative estimate of drug-likeness (QED) is 0.857. The van der Waals surface area contributed by atoms with Gasteiger partial charge in [0.2, 0.25) is 0 Å². The summed E-state index contributed by atoms with van der Waals surface area (Å²) in [5.74, 6) is 1.31. The van der Waals surface area contributed by atoms with Crippen molar-refractivity contribution < 1.29 is 0 Å². The molecule has 1 saturated heterocycles. The summed E-state index contributed by atoms with van der Waals surface area (Å²) in [6.07, 6.45) is 7.89. The largest absolute Gasteiger partial charge is 0.332 e. The zero-order valence-corrected chi connectivity index (χ0v) is 10.0. The van der Waals surface area contributed by atoms with E-state index in [1.54, 1.807) is 0 Å². The highest BCUT2D eigenvalue weighted by Gasteiger charge is 2.16. The molecule has 1 fully saturated rings. The van der Waals surface area contributed by atoms with E-state index in [4.69, 9.17) is 5.73 Å². The van der Waals surface area contributed by atoms with E-state index in [1.807, 2.05) is 19.4 Å². The van der Waals surface area contributed by atoms with Gasteiger partial charge in [-0.3, -0.25) is 0 Å². The molecule has 1 aromatic rings. The molecule has 84 valence electrons. The number of aromatic nitrogens is 2. The normalized spacial score (nSPS) is 24.0. The zero-order chi connectivity index (χ0) is 10.7. The number of imidazole rings is 1. The maximum atomic E-state index is 5.90. The van der Waals surface area contributed by atoms with Gasteiger partial charge in [0.15, 0.2) is 0 Å². The Morgan fingerprint density at radius 2 is 2.53 bits per heavy atom. The summed E-state index contributed by atoms with van der Waals surface area (Å²) < 4.78 is 2.22. The van der Waals surface area contributed by atoms with Crippen molar-refractivity contribution in [3.8, 4) is 0 Å². The van der Waals surface area contributed by atoms with E-state index < -0.39 is 0 Å². The smallest absolute Gasteiger partial charge is 0.0949 e. The van der Waals surface area contributed by atoms with Crippen molar-refractivity contribution in [3.63, 3.8) is 0 Å². The lowest BCUT2D eigenvalue weighted by Crippen LogP contribution is -2.20. The standard InChI is InChI=1S/C11H19N3S/c1-9(12)11-6-13-8-14(11)7-10-4-2-3-5-15-10/h6,8-10H,2-5,7,12H2,1H3/t9-,10?/m1/s1. The highest BCUT2D eigenvalue weighted by atomic mass is 32.2. The molecule has 0 radical (unpaired) electrons. The van der Waals surface area contributed by atoms with Gasteiger partial charge in [-0.2, -0.15) is 11.8 Å². The van der Waals surface area contributed by atoms with Gasteiger partial charge in [0, 0.05) is 24.0 Å². The topological polar surface area (TPSA) is 43.8 Å². The molecular weight excluding hydrogens is 206 g/mol. The van der Waals surface area contributed by atoms with Crippen LogP contribution in [0.15, 0.2) is 12.5 Å². The van der Waals surface area contributed by atoms with Gasteiger partial charge in [-0.25, -0.2) is 4.98 Å². The van der Waals surface area contributed by atoms with Crippen LogP contribution in [0.3, 0.4) is 0 Å². The summed E-state index contributed by atoms with van der Waals surface area (Å²) in [4.78, 5) is 4.18. The molecule has 4 heteroatoms. The molecule has 1 aliphatic heterocycles. The fourth-order valence-corrected chi connectivity index (χ4v) is 3.34. The van der Waals surface area contributed by atoms with E-state index in [0.29, 0.717) is 0 Å². The third kappa shape index (κ3) is 2.75. The number of thioether (sulfide) groups is 1. The van der Waals surface area contributed by atoms with Gasteiger partial charge in [-0.15, -0.1) is 0 Å². The summed E-state index contributed by atoms with van der Waals surface area (Å²) in [5.41, 5.74) is 7.05. The van der Waals surface area contributed by atoms with Gasteiger partial charge < -0.3 is 10.3 Å². The zero-order valence-electron chi connectivity index (χ0n) is 9.22. The Labute approximate surface area is 95.4 Å². The minimum absolute atomic E-state index is 0.0843. The number of hydrogen-bond acceptors (Lipinski definition) is 3. The summed E-state index contributed by atoms with van der Waals surface area (Å²) in [6, 6.07) is 0.0843. The summed E-state index contributed by atoms with van der Waals surface area (Å²) in [6.45, 7) is 3.09.